The zero-order valence-electron chi connectivity index (χ0n) is 9.80. The van der Waals surface area contributed by atoms with Crippen molar-refractivity contribution in [3.05, 3.63) is 35.0 Å². The summed E-state index contributed by atoms with van der Waals surface area (Å²) in [7, 11) is 0. The molecule has 1 aromatic rings. The van der Waals surface area contributed by atoms with Gasteiger partial charge in [-0.25, -0.2) is 8.78 Å². The predicted molar refractivity (Wildman–Crippen MR) is 69.0 cm³/mol. The molecule has 0 unspecified atom stereocenters. The van der Waals surface area contributed by atoms with Gasteiger partial charge in [-0.15, -0.1) is 11.3 Å². The Kier molecular flexibility index (Phi) is 3.21. The molecule has 2 heterocycles. The molecule has 0 saturated heterocycles. The van der Waals surface area contributed by atoms with Gasteiger partial charge in [0.2, 0.25) is 0 Å². The van der Waals surface area contributed by atoms with Gasteiger partial charge in [0.25, 0.3) is 12.3 Å². The van der Waals surface area contributed by atoms with Crippen molar-refractivity contribution in [1.29, 1.82) is 0 Å². The number of fused-ring (bicyclic) bond motifs is 1. The molecule has 0 radical (unpaired) electrons. The number of anilines is 1. The SMILES string of the molecule is C=Cc1sc2c(c1C)C(=O)N(CC(F)F)C(=C)N2. The van der Waals surface area contributed by atoms with E-state index in [1.807, 2.05) is 0 Å². The van der Waals surface area contributed by atoms with Crippen molar-refractivity contribution in [3.8, 4) is 0 Å². The smallest absolute Gasteiger partial charge is 0.262 e. The third kappa shape index (κ3) is 1.92. The van der Waals surface area contributed by atoms with Crippen LogP contribution in [0.25, 0.3) is 6.08 Å². The first-order valence-electron chi connectivity index (χ1n) is 5.27. The van der Waals surface area contributed by atoms with Gasteiger partial charge in [-0.1, -0.05) is 19.2 Å². The maximum atomic E-state index is 12.4. The van der Waals surface area contributed by atoms with Crippen molar-refractivity contribution in [1.82, 2.24) is 4.90 Å². The summed E-state index contributed by atoms with van der Waals surface area (Å²) in [5.41, 5.74) is 1.19. The van der Waals surface area contributed by atoms with Crippen molar-refractivity contribution < 1.29 is 13.6 Å². The molecule has 0 aliphatic carbocycles. The number of amides is 1. The summed E-state index contributed by atoms with van der Waals surface area (Å²) in [6, 6.07) is 0. The molecule has 1 aliphatic heterocycles. The molecular formula is C12H12F2N2OS. The minimum Gasteiger partial charge on any atom is -0.333 e. The molecule has 1 amide bonds. The van der Waals surface area contributed by atoms with Crippen LogP contribution in [0.5, 0.6) is 0 Å². The first kappa shape index (κ1) is 12.8. The van der Waals surface area contributed by atoms with E-state index in [-0.39, 0.29) is 5.82 Å². The largest absolute Gasteiger partial charge is 0.333 e. The zero-order valence-corrected chi connectivity index (χ0v) is 10.6. The lowest BCUT2D eigenvalue weighted by Crippen LogP contribution is -2.40. The number of carbonyl (C=O) groups excluding carboxylic acids is 1. The maximum Gasteiger partial charge on any atom is 0.262 e. The van der Waals surface area contributed by atoms with Crippen molar-refractivity contribution in [2.45, 2.75) is 13.3 Å². The quantitative estimate of drug-likeness (QED) is 0.914. The Bertz CT molecular complexity index is 536. The number of nitrogens with one attached hydrogen (secondary N) is 1. The fourth-order valence-electron chi connectivity index (χ4n) is 1.86. The molecule has 0 fully saturated rings. The zero-order chi connectivity index (χ0) is 13.4. The number of carbonyl (C=O) groups is 1. The van der Waals surface area contributed by atoms with Crippen molar-refractivity contribution in [2.75, 3.05) is 11.9 Å². The highest BCUT2D eigenvalue weighted by molar-refractivity contribution is 7.17. The van der Waals surface area contributed by atoms with Crippen LogP contribution in [0.4, 0.5) is 13.8 Å². The van der Waals surface area contributed by atoms with E-state index >= 15 is 0 Å². The standard InChI is InChI=1S/C12H12F2N2OS/c1-4-8-6(2)10-11(18-8)15-7(3)16(12(10)17)5-9(13)14/h4,9,15H,1,3,5H2,2H3. The molecule has 0 atom stereocenters. The van der Waals surface area contributed by atoms with Crippen LogP contribution < -0.4 is 5.32 Å². The van der Waals surface area contributed by atoms with E-state index in [1.165, 1.54) is 11.3 Å². The summed E-state index contributed by atoms with van der Waals surface area (Å²) in [6.45, 7) is 8.39. The normalized spacial score (nSPS) is 14.8. The van der Waals surface area contributed by atoms with Gasteiger partial charge in [0.1, 0.15) is 10.8 Å². The van der Waals surface area contributed by atoms with E-state index in [0.29, 0.717) is 10.6 Å². The number of alkyl halides is 2. The van der Waals surface area contributed by atoms with Crippen LogP contribution in [0.3, 0.4) is 0 Å². The molecule has 1 N–H and O–H groups in total. The van der Waals surface area contributed by atoms with Gasteiger partial charge in [0.15, 0.2) is 0 Å². The van der Waals surface area contributed by atoms with E-state index < -0.39 is 18.9 Å². The van der Waals surface area contributed by atoms with E-state index in [0.717, 1.165) is 15.3 Å². The van der Waals surface area contributed by atoms with Crippen LogP contribution in [0.2, 0.25) is 0 Å². The summed E-state index contributed by atoms with van der Waals surface area (Å²) < 4.78 is 24.9. The number of halogens is 2. The second kappa shape index (κ2) is 4.53. The Balaban J connectivity index is 2.45. The molecule has 96 valence electrons. The van der Waals surface area contributed by atoms with Gasteiger partial charge in [0.05, 0.1) is 12.1 Å². The highest BCUT2D eigenvalue weighted by atomic mass is 32.1. The topological polar surface area (TPSA) is 32.3 Å². The molecule has 0 bridgehead atoms. The lowest BCUT2D eigenvalue weighted by Gasteiger charge is -2.29. The summed E-state index contributed by atoms with van der Waals surface area (Å²) >= 11 is 1.37. The van der Waals surface area contributed by atoms with E-state index in [4.69, 9.17) is 0 Å². The second-order valence-corrected chi connectivity index (χ2v) is 4.93. The first-order chi connectivity index (χ1) is 8.45. The van der Waals surface area contributed by atoms with Crippen LogP contribution in [0.1, 0.15) is 20.8 Å². The molecule has 0 saturated carbocycles. The third-order valence-corrected chi connectivity index (χ3v) is 3.94. The molecule has 6 heteroatoms. The van der Waals surface area contributed by atoms with Crippen molar-refractivity contribution >= 4 is 28.3 Å². The average Bonchev–Trinajstić information content (AvgIpc) is 2.60. The summed E-state index contributed by atoms with van der Waals surface area (Å²) in [5.74, 6) is -0.249. The van der Waals surface area contributed by atoms with Crippen LogP contribution in [0.15, 0.2) is 19.0 Å². The third-order valence-electron chi connectivity index (χ3n) is 2.73. The maximum absolute atomic E-state index is 12.4. The molecular weight excluding hydrogens is 258 g/mol. The van der Waals surface area contributed by atoms with Gasteiger partial charge in [-0.3, -0.25) is 9.69 Å². The minimum atomic E-state index is -2.59. The molecule has 18 heavy (non-hydrogen) atoms. The summed E-state index contributed by atoms with van der Waals surface area (Å²) in [4.78, 5) is 14.0. The van der Waals surface area contributed by atoms with E-state index in [1.54, 1.807) is 13.0 Å². The molecule has 0 spiro atoms. The lowest BCUT2D eigenvalue weighted by atomic mass is 10.1. The monoisotopic (exact) mass is 270 g/mol. The van der Waals surface area contributed by atoms with Crippen LogP contribution >= 0.6 is 11.3 Å². The van der Waals surface area contributed by atoms with Crippen molar-refractivity contribution in [3.63, 3.8) is 0 Å². The highest BCUT2D eigenvalue weighted by Crippen LogP contribution is 2.38. The molecule has 0 aromatic carbocycles. The van der Waals surface area contributed by atoms with Gasteiger partial charge in [-0.2, -0.15) is 0 Å². The van der Waals surface area contributed by atoms with E-state index in [9.17, 15) is 13.6 Å². The Morgan fingerprint density at radius 1 is 1.56 bits per heavy atom. The number of hydrogen-bond donors (Lipinski definition) is 1. The van der Waals surface area contributed by atoms with Gasteiger partial charge in [0, 0.05) is 4.88 Å². The molecule has 1 aliphatic rings. The fraction of sp³-hybridized carbons (Fsp3) is 0.250. The fourth-order valence-corrected chi connectivity index (χ4v) is 2.93. The number of rotatable bonds is 3. The highest BCUT2D eigenvalue weighted by Gasteiger charge is 2.32. The van der Waals surface area contributed by atoms with E-state index in [2.05, 4.69) is 18.5 Å². The van der Waals surface area contributed by atoms with Crippen LogP contribution in [0, 0.1) is 6.92 Å². The average molecular weight is 270 g/mol. The Hall–Kier alpha value is -1.69. The van der Waals surface area contributed by atoms with Crippen LogP contribution in [-0.2, 0) is 0 Å². The number of nitrogens with zero attached hydrogens (tertiary/aromatic N) is 1. The Labute approximate surface area is 107 Å². The predicted octanol–water partition coefficient (Wildman–Crippen LogP) is 3.30. The number of hydrogen-bond acceptors (Lipinski definition) is 3. The second-order valence-electron chi connectivity index (χ2n) is 3.88. The minimum absolute atomic E-state index is 0.185. The van der Waals surface area contributed by atoms with Crippen molar-refractivity contribution in [2.24, 2.45) is 0 Å². The van der Waals surface area contributed by atoms with Gasteiger partial charge < -0.3 is 5.32 Å². The summed E-state index contributed by atoms with van der Waals surface area (Å²) in [6.07, 6.45) is -0.945. The van der Waals surface area contributed by atoms with Gasteiger partial charge in [-0.05, 0) is 12.5 Å². The molecule has 2 rings (SSSR count). The number of thiophene rings is 1. The molecule has 1 aromatic heterocycles. The molecule has 3 nitrogen and oxygen atoms in total. The van der Waals surface area contributed by atoms with Gasteiger partial charge >= 0.3 is 0 Å². The Morgan fingerprint density at radius 2 is 2.22 bits per heavy atom. The first-order valence-corrected chi connectivity index (χ1v) is 6.09. The van der Waals surface area contributed by atoms with Crippen LogP contribution in [-0.4, -0.2) is 23.8 Å². The lowest BCUT2D eigenvalue weighted by molar-refractivity contribution is 0.0634. The summed E-state index contributed by atoms with van der Waals surface area (Å²) in [5, 5.41) is 3.53. The Morgan fingerprint density at radius 3 is 2.78 bits per heavy atom.